The maximum absolute atomic E-state index is 10.3. The van der Waals surface area contributed by atoms with E-state index >= 15 is 0 Å². The normalized spacial score (nSPS) is 10.3. The molecule has 0 aliphatic heterocycles. The van der Waals surface area contributed by atoms with Gasteiger partial charge in [-0.15, -0.1) is 0 Å². The van der Waals surface area contributed by atoms with E-state index in [-0.39, 0.29) is 34.5 Å². The molecule has 0 spiro atoms. The van der Waals surface area contributed by atoms with Crippen molar-refractivity contribution in [1.82, 2.24) is 0 Å². The molecule has 0 heterocycles. The van der Waals surface area contributed by atoms with Crippen molar-refractivity contribution in [3.63, 3.8) is 0 Å². The van der Waals surface area contributed by atoms with Crippen molar-refractivity contribution < 1.29 is 38.6 Å². The summed E-state index contributed by atoms with van der Waals surface area (Å²) >= 11 is 1.23. The third kappa shape index (κ3) is 3.68. The van der Waals surface area contributed by atoms with Crippen LogP contribution in [-0.2, 0) is 0 Å². The van der Waals surface area contributed by atoms with Crippen molar-refractivity contribution in [1.29, 1.82) is 0 Å². The van der Waals surface area contributed by atoms with E-state index in [9.17, 15) is 10.2 Å². The highest BCUT2D eigenvalue weighted by Crippen LogP contribution is 2.55. The van der Waals surface area contributed by atoms with E-state index in [2.05, 4.69) is 0 Å². The van der Waals surface area contributed by atoms with Crippen LogP contribution in [0.15, 0.2) is 21.9 Å². The second-order valence-corrected chi connectivity index (χ2v) is 6.17. The summed E-state index contributed by atoms with van der Waals surface area (Å²) in [4.78, 5) is 1.16. The van der Waals surface area contributed by atoms with Gasteiger partial charge in [-0.25, -0.2) is 0 Å². The lowest BCUT2D eigenvalue weighted by Gasteiger charge is -2.19. The molecule has 0 fully saturated rings. The molecule has 0 unspecified atom stereocenters. The third-order valence-electron chi connectivity index (χ3n) is 3.76. The highest BCUT2D eigenvalue weighted by atomic mass is 32.2. The van der Waals surface area contributed by atoms with Gasteiger partial charge in [0.15, 0.2) is 23.0 Å². The molecular formula is C18H22O8S. The molecule has 148 valence electrons. The van der Waals surface area contributed by atoms with E-state index in [0.29, 0.717) is 21.3 Å². The van der Waals surface area contributed by atoms with Gasteiger partial charge in [-0.05, 0) is 0 Å². The molecule has 0 radical (unpaired) electrons. The first kappa shape index (κ1) is 20.5. The molecule has 0 saturated heterocycles. The molecule has 0 saturated carbocycles. The topological polar surface area (TPSA) is 95.8 Å². The highest BCUT2D eigenvalue weighted by Gasteiger charge is 2.25. The number of aromatic hydroxyl groups is 2. The van der Waals surface area contributed by atoms with Gasteiger partial charge < -0.3 is 38.6 Å². The van der Waals surface area contributed by atoms with Gasteiger partial charge in [0.1, 0.15) is 0 Å². The quantitative estimate of drug-likeness (QED) is 0.694. The van der Waals surface area contributed by atoms with Gasteiger partial charge in [-0.2, -0.15) is 0 Å². The summed E-state index contributed by atoms with van der Waals surface area (Å²) in [6.07, 6.45) is 0. The molecule has 0 aliphatic carbocycles. The van der Waals surface area contributed by atoms with Crippen molar-refractivity contribution in [3.8, 4) is 46.0 Å². The summed E-state index contributed by atoms with van der Waals surface area (Å²) in [5.74, 6) is 0.983. The molecule has 27 heavy (non-hydrogen) atoms. The molecule has 0 atom stereocenters. The number of hydrogen-bond donors (Lipinski definition) is 2. The third-order valence-corrected chi connectivity index (χ3v) is 4.80. The Morgan fingerprint density at radius 2 is 0.889 bits per heavy atom. The molecule has 0 bridgehead atoms. The van der Waals surface area contributed by atoms with E-state index in [4.69, 9.17) is 28.4 Å². The van der Waals surface area contributed by atoms with Crippen LogP contribution < -0.4 is 28.4 Å². The Morgan fingerprint density at radius 1 is 0.556 bits per heavy atom. The van der Waals surface area contributed by atoms with Crippen molar-refractivity contribution in [2.75, 3.05) is 42.7 Å². The van der Waals surface area contributed by atoms with Crippen LogP contribution in [0.4, 0.5) is 0 Å². The fraction of sp³-hybridized carbons (Fsp3) is 0.333. The van der Waals surface area contributed by atoms with Crippen molar-refractivity contribution in [2.24, 2.45) is 0 Å². The summed E-state index contributed by atoms with van der Waals surface area (Å²) in [5, 5.41) is 20.5. The number of benzene rings is 2. The fourth-order valence-corrected chi connectivity index (χ4v) is 3.62. The monoisotopic (exact) mass is 398 g/mol. The maximum Gasteiger partial charge on any atom is 0.208 e. The SMILES string of the molecule is COc1cc(Sc2cc(OC)c(O)c(OC)c2OC)c(OC)c(OC)c1O. The molecule has 2 N–H and O–H groups in total. The van der Waals surface area contributed by atoms with Gasteiger partial charge in [0.25, 0.3) is 0 Å². The first-order valence-corrected chi connectivity index (χ1v) is 8.50. The minimum atomic E-state index is -0.172. The molecule has 9 heteroatoms. The standard InChI is InChI=1S/C18H22O8S/c1-21-9-7-11(15(23-3)17(25-5)13(9)19)27-12-8-10(22-2)14(20)18(26-6)16(12)24-4/h7-8,19-20H,1-6H3. The first-order valence-electron chi connectivity index (χ1n) is 7.68. The molecule has 2 rings (SSSR count). The summed E-state index contributed by atoms with van der Waals surface area (Å²) in [6, 6.07) is 3.21. The molecule has 2 aromatic rings. The maximum atomic E-state index is 10.3. The van der Waals surface area contributed by atoms with Crippen LogP contribution in [0.1, 0.15) is 0 Å². The minimum absolute atomic E-state index is 0.135. The van der Waals surface area contributed by atoms with Crippen molar-refractivity contribution in [3.05, 3.63) is 12.1 Å². The lowest BCUT2D eigenvalue weighted by atomic mass is 10.2. The Hall–Kier alpha value is -2.81. The number of hydrogen-bond acceptors (Lipinski definition) is 9. The van der Waals surface area contributed by atoms with Gasteiger partial charge in [0.05, 0.1) is 52.4 Å². The zero-order valence-electron chi connectivity index (χ0n) is 15.9. The first-order chi connectivity index (χ1) is 13.0. The fourth-order valence-electron chi connectivity index (χ4n) is 2.52. The Labute approximate surface area is 161 Å². The Bertz CT molecular complexity index is 754. The average Bonchev–Trinajstić information content (AvgIpc) is 2.68. The second kappa shape index (κ2) is 8.72. The number of methoxy groups -OCH3 is 6. The number of rotatable bonds is 8. The van der Waals surface area contributed by atoms with E-state index in [1.54, 1.807) is 12.1 Å². The zero-order valence-corrected chi connectivity index (χ0v) is 16.7. The largest absolute Gasteiger partial charge is 0.502 e. The summed E-state index contributed by atoms with van der Waals surface area (Å²) in [5.41, 5.74) is 0. The predicted octanol–water partition coefficient (Wildman–Crippen LogP) is 3.30. The van der Waals surface area contributed by atoms with Crippen LogP contribution in [0.3, 0.4) is 0 Å². The van der Waals surface area contributed by atoms with Gasteiger partial charge in [0, 0.05) is 12.1 Å². The lowest BCUT2D eigenvalue weighted by molar-refractivity contribution is 0.309. The predicted molar refractivity (Wildman–Crippen MR) is 99.6 cm³/mol. The van der Waals surface area contributed by atoms with Gasteiger partial charge in [0.2, 0.25) is 23.0 Å². The highest BCUT2D eigenvalue weighted by molar-refractivity contribution is 7.99. The van der Waals surface area contributed by atoms with Gasteiger partial charge in [-0.1, -0.05) is 11.8 Å². The second-order valence-electron chi connectivity index (χ2n) is 5.09. The van der Waals surface area contributed by atoms with Crippen LogP contribution in [0.2, 0.25) is 0 Å². The Morgan fingerprint density at radius 3 is 1.15 bits per heavy atom. The number of phenols is 2. The van der Waals surface area contributed by atoms with Crippen LogP contribution in [-0.4, -0.2) is 52.9 Å². The van der Waals surface area contributed by atoms with Crippen molar-refractivity contribution >= 4 is 11.8 Å². The molecule has 8 nitrogen and oxygen atoms in total. The van der Waals surface area contributed by atoms with Crippen LogP contribution in [0.5, 0.6) is 46.0 Å². The van der Waals surface area contributed by atoms with Crippen LogP contribution in [0, 0.1) is 0 Å². The number of phenolic OH excluding ortho intramolecular Hbond substituents is 2. The molecule has 0 aromatic heterocycles. The molecule has 0 amide bonds. The lowest BCUT2D eigenvalue weighted by Crippen LogP contribution is -1.98. The zero-order chi connectivity index (χ0) is 20.1. The van der Waals surface area contributed by atoms with Gasteiger partial charge >= 0.3 is 0 Å². The molecule has 0 aliphatic rings. The Balaban J connectivity index is 2.69. The van der Waals surface area contributed by atoms with E-state index in [1.807, 2.05) is 0 Å². The van der Waals surface area contributed by atoms with Crippen molar-refractivity contribution in [2.45, 2.75) is 9.79 Å². The Kier molecular flexibility index (Phi) is 6.62. The molecular weight excluding hydrogens is 376 g/mol. The van der Waals surface area contributed by atoms with Crippen LogP contribution in [0.25, 0.3) is 0 Å². The van der Waals surface area contributed by atoms with Gasteiger partial charge in [-0.3, -0.25) is 0 Å². The smallest absolute Gasteiger partial charge is 0.208 e. The van der Waals surface area contributed by atoms with E-state index < -0.39 is 0 Å². The summed E-state index contributed by atoms with van der Waals surface area (Å²) < 4.78 is 31.8. The summed E-state index contributed by atoms with van der Waals surface area (Å²) in [7, 11) is 8.62. The summed E-state index contributed by atoms with van der Waals surface area (Å²) in [6.45, 7) is 0. The minimum Gasteiger partial charge on any atom is -0.502 e. The number of ether oxygens (including phenoxy) is 6. The van der Waals surface area contributed by atoms with E-state index in [0.717, 1.165) is 0 Å². The van der Waals surface area contributed by atoms with Crippen LogP contribution >= 0.6 is 11.8 Å². The average molecular weight is 398 g/mol. The molecule has 2 aromatic carbocycles. The van der Waals surface area contributed by atoms with E-state index in [1.165, 1.54) is 54.4 Å².